The van der Waals surface area contributed by atoms with Crippen LogP contribution in [0.4, 0.5) is 0 Å². The Morgan fingerprint density at radius 2 is 1.89 bits per heavy atom. The molecule has 2 saturated carbocycles. The number of piperidine rings is 1. The number of amides is 1. The number of fused-ring (bicyclic) bond motifs is 5. The van der Waals surface area contributed by atoms with Crippen molar-refractivity contribution < 1.29 is 9.59 Å². The third-order valence-electron chi connectivity index (χ3n) is 8.97. The van der Waals surface area contributed by atoms with Gasteiger partial charge in [0.1, 0.15) is 0 Å². The van der Waals surface area contributed by atoms with Crippen molar-refractivity contribution >= 4 is 11.7 Å². The molecular formula is C23H36N2O2. The highest BCUT2D eigenvalue weighted by Crippen LogP contribution is 2.64. The van der Waals surface area contributed by atoms with Crippen molar-refractivity contribution in [1.82, 2.24) is 10.2 Å². The van der Waals surface area contributed by atoms with Gasteiger partial charge < -0.3 is 10.2 Å². The predicted molar refractivity (Wildman–Crippen MR) is 107 cm³/mol. The zero-order valence-electron chi connectivity index (χ0n) is 17.5. The van der Waals surface area contributed by atoms with Crippen LogP contribution in [-0.2, 0) is 9.59 Å². The third kappa shape index (κ3) is 2.69. The van der Waals surface area contributed by atoms with Crippen LogP contribution in [0.3, 0.4) is 0 Å². The first-order valence-corrected chi connectivity index (χ1v) is 11.1. The van der Waals surface area contributed by atoms with E-state index in [4.69, 9.17) is 0 Å². The minimum atomic E-state index is 0.124. The normalized spacial score (nSPS) is 43.1. The van der Waals surface area contributed by atoms with Crippen LogP contribution in [-0.4, -0.2) is 36.2 Å². The maximum Gasteiger partial charge on any atom is 0.226 e. The van der Waals surface area contributed by atoms with Crippen LogP contribution in [0.5, 0.6) is 0 Å². The molecule has 4 aliphatic rings. The number of nitrogens with one attached hydrogen (secondary N) is 1. The second-order valence-corrected chi connectivity index (χ2v) is 9.88. The van der Waals surface area contributed by atoms with Gasteiger partial charge in [-0.25, -0.2) is 0 Å². The highest BCUT2D eigenvalue weighted by Gasteiger charge is 2.60. The summed E-state index contributed by atoms with van der Waals surface area (Å²) in [6.07, 6.45) is 8.15. The summed E-state index contributed by atoms with van der Waals surface area (Å²) in [5.41, 5.74) is 1.46. The number of carbonyl (C=O) groups is 2. The summed E-state index contributed by atoms with van der Waals surface area (Å²) in [4.78, 5) is 27.2. The summed E-state index contributed by atoms with van der Waals surface area (Å²) in [6, 6.07) is 0. The lowest BCUT2D eigenvalue weighted by Crippen LogP contribution is -2.57. The molecule has 3 fully saturated rings. The van der Waals surface area contributed by atoms with Crippen LogP contribution < -0.4 is 5.32 Å². The van der Waals surface area contributed by atoms with Crippen molar-refractivity contribution in [2.24, 2.45) is 34.5 Å². The molecule has 27 heavy (non-hydrogen) atoms. The molecule has 1 unspecified atom stereocenters. The zero-order chi connectivity index (χ0) is 19.4. The van der Waals surface area contributed by atoms with Gasteiger partial charge in [-0.2, -0.15) is 0 Å². The molecule has 1 heterocycles. The van der Waals surface area contributed by atoms with Gasteiger partial charge in [0.25, 0.3) is 0 Å². The number of carbonyl (C=O) groups excluding carboxylic acids is 2. The van der Waals surface area contributed by atoms with Gasteiger partial charge in [-0.3, -0.25) is 9.59 Å². The minimum absolute atomic E-state index is 0.124. The Morgan fingerprint density at radius 1 is 1.15 bits per heavy atom. The molecule has 1 N–H and O–H groups in total. The molecule has 4 nitrogen and oxygen atoms in total. The van der Waals surface area contributed by atoms with Crippen LogP contribution in [0.15, 0.2) is 11.8 Å². The summed E-state index contributed by atoms with van der Waals surface area (Å²) in [7, 11) is 0. The number of ketones is 1. The van der Waals surface area contributed by atoms with Gasteiger partial charge in [0.05, 0.1) is 0 Å². The quantitative estimate of drug-likeness (QED) is 0.820. The molecule has 4 heteroatoms. The summed E-state index contributed by atoms with van der Waals surface area (Å²) >= 11 is 0. The molecule has 4 rings (SSSR count). The Labute approximate surface area is 164 Å². The second kappa shape index (κ2) is 6.63. The Bertz CT molecular complexity index is 667. The van der Waals surface area contributed by atoms with Gasteiger partial charge in [0, 0.05) is 49.2 Å². The second-order valence-electron chi connectivity index (χ2n) is 9.88. The zero-order valence-corrected chi connectivity index (χ0v) is 17.5. The molecule has 0 spiro atoms. The van der Waals surface area contributed by atoms with Crippen molar-refractivity contribution in [1.29, 1.82) is 0 Å². The Balaban J connectivity index is 1.60. The smallest absolute Gasteiger partial charge is 0.226 e. The first kappa shape index (κ1) is 19.0. The van der Waals surface area contributed by atoms with Crippen LogP contribution in [0.1, 0.15) is 66.2 Å². The van der Waals surface area contributed by atoms with Crippen molar-refractivity contribution in [3.63, 3.8) is 0 Å². The predicted octanol–water partition coefficient (Wildman–Crippen LogP) is 3.77. The lowest BCUT2D eigenvalue weighted by molar-refractivity contribution is -0.142. The van der Waals surface area contributed by atoms with Gasteiger partial charge in [-0.1, -0.05) is 13.8 Å². The van der Waals surface area contributed by atoms with E-state index in [0.29, 0.717) is 30.1 Å². The first-order chi connectivity index (χ1) is 12.8. The summed E-state index contributed by atoms with van der Waals surface area (Å²) in [5.74, 6) is 2.78. The average molecular weight is 373 g/mol. The molecule has 0 aromatic heterocycles. The van der Waals surface area contributed by atoms with E-state index in [1.807, 2.05) is 11.0 Å². The molecule has 150 valence electrons. The topological polar surface area (TPSA) is 49.4 Å². The lowest BCUT2D eigenvalue weighted by atomic mass is 9.50. The number of nitrogens with zero attached hydrogens (tertiary/aromatic N) is 1. The van der Waals surface area contributed by atoms with Crippen LogP contribution in [0.25, 0.3) is 0 Å². The molecule has 0 radical (unpaired) electrons. The maximum absolute atomic E-state index is 13.2. The molecule has 6 atom stereocenters. The van der Waals surface area contributed by atoms with E-state index in [9.17, 15) is 9.59 Å². The molecule has 0 bridgehead atoms. The largest absolute Gasteiger partial charge is 0.387 e. The summed E-state index contributed by atoms with van der Waals surface area (Å²) in [6.45, 7) is 11.6. The molecule has 1 amide bonds. The lowest BCUT2D eigenvalue weighted by Gasteiger charge is -2.58. The molecule has 0 aromatic rings. The Kier molecular flexibility index (Phi) is 4.67. The Hall–Kier alpha value is -1.32. The average Bonchev–Trinajstić information content (AvgIpc) is 3.00. The van der Waals surface area contributed by atoms with Gasteiger partial charge in [-0.15, -0.1) is 0 Å². The first-order valence-electron chi connectivity index (χ1n) is 11.1. The maximum atomic E-state index is 13.2. The van der Waals surface area contributed by atoms with E-state index in [0.717, 1.165) is 38.9 Å². The highest BCUT2D eigenvalue weighted by atomic mass is 16.2. The number of allylic oxidation sites excluding steroid dienone is 2. The molecule has 3 aliphatic carbocycles. The fraction of sp³-hybridized carbons (Fsp3) is 0.826. The van der Waals surface area contributed by atoms with Crippen molar-refractivity contribution in [2.75, 3.05) is 19.6 Å². The van der Waals surface area contributed by atoms with Gasteiger partial charge in [0.2, 0.25) is 5.91 Å². The SMILES string of the molecule is CCN(CC)C(=O)C1CC[C@H]2[C@@H]3CNC4=CC(=O)CC[C@]4(C)[C@@H]3CC[C@]12C. The summed E-state index contributed by atoms with van der Waals surface area (Å²) < 4.78 is 0. The van der Waals surface area contributed by atoms with Crippen LogP contribution in [0, 0.1) is 34.5 Å². The van der Waals surface area contributed by atoms with E-state index in [2.05, 4.69) is 33.0 Å². The molecular weight excluding hydrogens is 336 g/mol. The van der Waals surface area contributed by atoms with Gasteiger partial charge >= 0.3 is 0 Å². The monoisotopic (exact) mass is 372 g/mol. The van der Waals surface area contributed by atoms with Gasteiger partial charge in [0.15, 0.2) is 5.78 Å². The van der Waals surface area contributed by atoms with Crippen LogP contribution >= 0.6 is 0 Å². The third-order valence-corrected chi connectivity index (χ3v) is 8.97. The van der Waals surface area contributed by atoms with Crippen LogP contribution in [0.2, 0.25) is 0 Å². The number of hydrogen-bond donors (Lipinski definition) is 1. The minimum Gasteiger partial charge on any atom is -0.387 e. The fourth-order valence-corrected chi connectivity index (χ4v) is 7.31. The molecule has 1 saturated heterocycles. The van der Waals surface area contributed by atoms with E-state index in [1.54, 1.807) is 0 Å². The molecule has 0 aromatic carbocycles. The summed E-state index contributed by atoms with van der Waals surface area (Å²) in [5, 5.41) is 3.66. The van der Waals surface area contributed by atoms with Crippen molar-refractivity contribution in [3.05, 3.63) is 11.8 Å². The number of rotatable bonds is 3. The van der Waals surface area contributed by atoms with Gasteiger partial charge in [-0.05, 0) is 69.1 Å². The van der Waals surface area contributed by atoms with E-state index in [-0.39, 0.29) is 22.5 Å². The standard InChI is InChI=1S/C23H36N2O2/c1-5-25(6-2)21(27)19-8-7-17-16-14-24-20-13-15(26)9-11-23(20,4)18(16)10-12-22(17,19)3/h13,16-19,24H,5-12,14H2,1-4H3/t16-,17-,18+,19?,22-,23+/m0/s1. The van der Waals surface area contributed by atoms with E-state index >= 15 is 0 Å². The fourth-order valence-electron chi connectivity index (χ4n) is 7.31. The Morgan fingerprint density at radius 3 is 2.59 bits per heavy atom. The number of hydrogen-bond acceptors (Lipinski definition) is 3. The van der Waals surface area contributed by atoms with Crippen molar-refractivity contribution in [3.8, 4) is 0 Å². The highest BCUT2D eigenvalue weighted by molar-refractivity contribution is 5.91. The molecule has 1 aliphatic heterocycles. The van der Waals surface area contributed by atoms with E-state index in [1.165, 1.54) is 18.5 Å². The van der Waals surface area contributed by atoms with E-state index < -0.39 is 0 Å². The van der Waals surface area contributed by atoms with Crippen molar-refractivity contribution in [2.45, 2.75) is 66.2 Å².